The number of aryl methyl sites for hydroxylation is 2. The number of para-hydroxylation sites is 1. The van der Waals surface area contributed by atoms with Crippen molar-refractivity contribution in [3.05, 3.63) is 58.7 Å². The average molecular weight is 663 g/mol. The second kappa shape index (κ2) is 16.0. The molecule has 0 saturated carbocycles. The summed E-state index contributed by atoms with van der Waals surface area (Å²) in [5, 5.41) is 6.49. The summed E-state index contributed by atoms with van der Waals surface area (Å²) in [7, 11) is 1.66. The summed E-state index contributed by atoms with van der Waals surface area (Å²) < 4.78 is 11.7. The van der Waals surface area contributed by atoms with E-state index in [1.165, 1.54) is 0 Å². The van der Waals surface area contributed by atoms with E-state index in [9.17, 15) is 14.4 Å². The number of anilines is 1. The fourth-order valence-corrected chi connectivity index (χ4v) is 7.85. The quantitative estimate of drug-likeness (QED) is 0.452. The Morgan fingerprint density at radius 3 is 2.21 bits per heavy atom. The first-order valence-corrected chi connectivity index (χ1v) is 17.3. The van der Waals surface area contributed by atoms with E-state index >= 15 is 0 Å². The van der Waals surface area contributed by atoms with Crippen molar-refractivity contribution in [1.29, 1.82) is 0 Å². The number of nitrogens with one attached hydrogen (secondary N) is 2. The summed E-state index contributed by atoms with van der Waals surface area (Å²) >= 11 is 0. The first-order valence-electron chi connectivity index (χ1n) is 17.3. The third kappa shape index (κ3) is 8.06. The third-order valence-corrected chi connectivity index (χ3v) is 10.4. The number of likely N-dealkylation sites (tertiary alicyclic amines) is 1. The standard InChI is InChI=1S/C36H50N6O5.CH4/c1-25-22-27(23-26(2)33(25)46-3)24-32(34(43)40-20-18-39(19-21-40)29-8-13-37-14-9-29)47-36(45)41-15-11-30(12-16-41)42-17-10-28-6-4-5-7-31(28)38-35(42)44;/h4-7,22-23,29-30,32,37H,8-21,24H2,1-3H3,(H,38,44);1H4/t32-;/m1./s1. The molecule has 48 heavy (non-hydrogen) atoms. The van der Waals surface area contributed by atoms with Crippen LogP contribution >= 0.6 is 0 Å². The van der Waals surface area contributed by atoms with E-state index in [0.29, 0.717) is 58.0 Å². The minimum atomic E-state index is -0.923. The fourth-order valence-electron chi connectivity index (χ4n) is 7.85. The van der Waals surface area contributed by atoms with Crippen LogP contribution in [0, 0.1) is 13.8 Å². The Labute approximate surface area is 285 Å². The van der Waals surface area contributed by atoms with Gasteiger partial charge in [0.25, 0.3) is 5.91 Å². The van der Waals surface area contributed by atoms with Crippen molar-refractivity contribution in [2.75, 3.05) is 71.3 Å². The summed E-state index contributed by atoms with van der Waals surface area (Å²) in [4.78, 5) is 48.8. The Morgan fingerprint density at radius 1 is 0.875 bits per heavy atom. The highest BCUT2D eigenvalue weighted by Crippen LogP contribution is 2.27. The number of hydrogen-bond acceptors (Lipinski definition) is 7. The van der Waals surface area contributed by atoms with E-state index in [0.717, 1.165) is 79.1 Å². The molecule has 2 aromatic carbocycles. The van der Waals surface area contributed by atoms with Crippen LogP contribution in [0.5, 0.6) is 5.75 Å². The lowest BCUT2D eigenvalue weighted by atomic mass is 10.00. The van der Waals surface area contributed by atoms with Gasteiger partial charge in [-0.25, -0.2) is 9.59 Å². The molecule has 262 valence electrons. The van der Waals surface area contributed by atoms with E-state index in [4.69, 9.17) is 9.47 Å². The second-order valence-corrected chi connectivity index (χ2v) is 13.4. The van der Waals surface area contributed by atoms with Crippen LogP contribution in [-0.2, 0) is 22.4 Å². The molecule has 0 aliphatic carbocycles. The molecular formula is C37H54N6O5. The van der Waals surface area contributed by atoms with Gasteiger partial charge in [0.15, 0.2) is 6.10 Å². The van der Waals surface area contributed by atoms with Crippen molar-refractivity contribution >= 4 is 23.7 Å². The topological polar surface area (TPSA) is 107 Å². The van der Waals surface area contributed by atoms with Crippen molar-refractivity contribution in [2.45, 2.75) is 78.0 Å². The van der Waals surface area contributed by atoms with Crippen molar-refractivity contribution < 1.29 is 23.9 Å². The van der Waals surface area contributed by atoms with Gasteiger partial charge in [-0.05, 0) is 87.4 Å². The molecule has 2 N–H and O–H groups in total. The maximum atomic E-state index is 14.0. The number of carbonyl (C=O) groups excluding carboxylic acids is 3. The number of piperazine rings is 1. The smallest absolute Gasteiger partial charge is 0.410 e. The highest BCUT2D eigenvalue weighted by Gasteiger charge is 2.36. The van der Waals surface area contributed by atoms with Crippen molar-refractivity contribution in [1.82, 2.24) is 24.9 Å². The number of rotatable bonds is 7. The van der Waals surface area contributed by atoms with Crippen molar-refractivity contribution in [3.8, 4) is 5.75 Å². The number of fused-ring (bicyclic) bond motifs is 1. The molecule has 4 aliphatic rings. The maximum Gasteiger partial charge on any atom is 0.410 e. The van der Waals surface area contributed by atoms with Gasteiger partial charge in [-0.1, -0.05) is 37.8 Å². The van der Waals surface area contributed by atoms with Crippen LogP contribution < -0.4 is 15.4 Å². The van der Waals surface area contributed by atoms with Crippen LogP contribution in [0.3, 0.4) is 0 Å². The molecule has 11 nitrogen and oxygen atoms in total. The molecule has 4 heterocycles. The summed E-state index contributed by atoms with van der Waals surface area (Å²) in [5.74, 6) is 0.692. The van der Waals surface area contributed by atoms with Gasteiger partial charge >= 0.3 is 12.1 Å². The molecule has 0 radical (unpaired) electrons. The highest BCUT2D eigenvalue weighted by molar-refractivity contribution is 5.91. The molecular weight excluding hydrogens is 608 g/mol. The predicted octanol–water partition coefficient (Wildman–Crippen LogP) is 4.45. The molecule has 0 bridgehead atoms. The number of hydrogen-bond donors (Lipinski definition) is 2. The van der Waals surface area contributed by atoms with Gasteiger partial charge in [-0.2, -0.15) is 0 Å². The van der Waals surface area contributed by atoms with E-state index in [-0.39, 0.29) is 25.4 Å². The minimum absolute atomic E-state index is 0. The average Bonchev–Trinajstić information content (AvgIpc) is 3.26. The summed E-state index contributed by atoms with van der Waals surface area (Å²) in [6.45, 7) is 10.6. The lowest BCUT2D eigenvalue weighted by Crippen LogP contribution is -2.56. The zero-order chi connectivity index (χ0) is 32.9. The molecule has 0 unspecified atom stereocenters. The first-order chi connectivity index (χ1) is 22.8. The Morgan fingerprint density at radius 2 is 1.54 bits per heavy atom. The van der Waals surface area contributed by atoms with Crippen LogP contribution in [-0.4, -0.2) is 122 Å². The van der Waals surface area contributed by atoms with E-state index < -0.39 is 12.2 Å². The Balaban J connectivity index is 0.00000451. The zero-order valence-corrected chi connectivity index (χ0v) is 28.1. The van der Waals surface area contributed by atoms with Gasteiger partial charge in [-0.15, -0.1) is 0 Å². The summed E-state index contributed by atoms with van der Waals surface area (Å²) in [6.07, 6.45) is 3.29. The number of carbonyl (C=O) groups is 3. The molecule has 0 spiro atoms. The molecule has 2 aromatic rings. The fraction of sp³-hybridized carbons (Fsp3) is 0.595. The van der Waals surface area contributed by atoms with Gasteiger partial charge < -0.3 is 34.8 Å². The second-order valence-electron chi connectivity index (χ2n) is 13.4. The van der Waals surface area contributed by atoms with Crippen LogP contribution in [0.1, 0.15) is 55.4 Å². The zero-order valence-electron chi connectivity index (χ0n) is 28.1. The molecule has 4 aliphatic heterocycles. The number of nitrogens with zero attached hydrogens (tertiary/aromatic N) is 4. The monoisotopic (exact) mass is 662 g/mol. The number of piperidine rings is 2. The normalized spacial score (nSPS) is 20.2. The van der Waals surface area contributed by atoms with Gasteiger partial charge in [0.2, 0.25) is 0 Å². The number of methoxy groups -OCH3 is 1. The minimum Gasteiger partial charge on any atom is -0.496 e. The van der Waals surface area contributed by atoms with Gasteiger partial charge in [0, 0.05) is 70.0 Å². The van der Waals surface area contributed by atoms with E-state index in [1.807, 2.05) is 54.0 Å². The Hall–Kier alpha value is -3.83. The summed E-state index contributed by atoms with van der Waals surface area (Å²) in [6, 6.07) is 12.5. The van der Waals surface area contributed by atoms with Crippen molar-refractivity contribution in [3.63, 3.8) is 0 Å². The molecule has 3 fully saturated rings. The van der Waals surface area contributed by atoms with E-state index in [1.54, 1.807) is 12.0 Å². The molecule has 1 atom stereocenters. The lowest BCUT2D eigenvalue weighted by Gasteiger charge is -2.41. The first kappa shape index (κ1) is 35.5. The van der Waals surface area contributed by atoms with E-state index in [2.05, 4.69) is 21.6 Å². The molecule has 3 saturated heterocycles. The number of amides is 4. The molecule has 4 amide bonds. The lowest BCUT2D eigenvalue weighted by molar-refractivity contribution is -0.143. The largest absolute Gasteiger partial charge is 0.496 e. The number of ether oxygens (including phenoxy) is 2. The summed E-state index contributed by atoms with van der Waals surface area (Å²) in [5.41, 5.74) is 4.91. The Kier molecular flexibility index (Phi) is 11.9. The van der Waals surface area contributed by atoms with Crippen LogP contribution in [0.15, 0.2) is 36.4 Å². The van der Waals surface area contributed by atoms with Gasteiger partial charge in [-0.3, -0.25) is 9.69 Å². The predicted molar refractivity (Wildman–Crippen MR) is 188 cm³/mol. The molecule has 6 rings (SSSR count). The number of benzene rings is 2. The van der Waals surface area contributed by atoms with Crippen molar-refractivity contribution in [2.24, 2.45) is 0 Å². The SMILES string of the molecule is C.COc1c(C)cc(C[C@@H](OC(=O)N2CCC(N3CCc4ccccc4NC3=O)CC2)C(=O)N2CCN(C3CCNCC3)CC2)cc1C. The molecule has 0 aromatic heterocycles. The molecule has 11 heteroatoms. The Bertz CT molecular complexity index is 1410. The third-order valence-electron chi connectivity index (χ3n) is 10.4. The number of urea groups is 1. The van der Waals surface area contributed by atoms with Gasteiger partial charge in [0.05, 0.1) is 7.11 Å². The van der Waals surface area contributed by atoms with Gasteiger partial charge in [0.1, 0.15) is 5.75 Å². The van der Waals surface area contributed by atoms with Crippen LogP contribution in [0.2, 0.25) is 0 Å². The highest BCUT2D eigenvalue weighted by atomic mass is 16.6. The van der Waals surface area contributed by atoms with Crippen LogP contribution in [0.4, 0.5) is 15.3 Å². The maximum absolute atomic E-state index is 14.0. The van der Waals surface area contributed by atoms with Crippen LogP contribution in [0.25, 0.3) is 0 Å².